The van der Waals surface area contributed by atoms with Crippen LogP contribution in [0.15, 0.2) is 24.3 Å². The number of fused-ring (bicyclic) bond motifs is 1. The van der Waals surface area contributed by atoms with E-state index < -0.39 is 0 Å². The molecule has 0 amide bonds. The molecule has 1 aromatic rings. The predicted octanol–water partition coefficient (Wildman–Crippen LogP) is 3.95. The first-order valence-electron chi connectivity index (χ1n) is 7.98. The molecule has 3 nitrogen and oxygen atoms in total. The molecule has 0 bridgehead atoms. The Bertz CT molecular complexity index is 538. The number of benzene rings is 1. The lowest BCUT2D eigenvalue weighted by atomic mass is 9.71. The minimum Gasteiger partial charge on any atom is -0.462 e. The van der Waals surface area contributed by atoms with Crippen molar-refractivity contribution in [1.82, 2.24) is 0 Å². The van der Waals surface area contributed by atoms with Crippen LogP contribution in [0.5, 0.6) is 0 Å². The molecule has 3 unspecified atom stereocenters. The van der Waals surface area contributed by atoms with E-state index in [1.165, 1.54) is 6.42 Å². The summed E-state index contributed by atoms with van der Waals surface area (Å²) in [5.74, 6) is 0.407. The molecule has 0 aromatic heterocycles. The molecule has 1 aliphatic carbocycles. The average Bonchev–Trinajstić information content (AvgIpc) is 2.79. The molecule has 1 aromatic carbocycles. The number of rotatable bonds is 2. The van der Waals surface area contributed by atoms with Crippen LogP contribution in [0.3, 0.4) is 0 Å². The van der Waals surface area contributed by atoms with Gasteiger partial charge < -0.3 is 10.1 Å². The van der Waals surface area contributed by atoms with Crippen LogP contribution in [-0.2, 0) is 9.53 Å². The molecule has 0 radical (unpaired) electrons. The Kier molecular flexibility index (Phi) is 3.68. The van der Waals surface area contributed by atoms with Crippen molar-refractivity contribution in [3.8, 4) is 0 Å². The molecular formula is C18H25NO2. The van der Waals surface area contributed by atoms with Gasteiger partial charge in [-0.25, -0.2) is 0 Å². The topological polar surface area (TPSA) is 38.3 Å². The van der Waals surface area contributed by atoms with Gasteiger partial charge in [-0.05, 0) is 42.2 Å². The van der Waals surface area contributed by atoms with Crippen molar-refractivity contribution >= 4 is 11.7 Å². The number of para-hydroxylation sites is 1. The molecule has 1 aliphatic heterocycles. The fraction of sp³-hybridized carbons (Fsp3) is 0.611. The van der Waals surface area contributed by atoms with Gasteiger partial charge in [0, 0.05) is 12.2 Å². The van der Waals surface area contributed by atoms with Crippen molar-refractivity contribution in [2.45, 2.75) is 52.1 Å². The summed E-state index contributed by atoms with van der Waals surface area (Å²) >= 11 is 0. The van der Waals surface area contributed by atoms with Crippen LogP contribution < -0.4 is 5.32 Å². The molecule has 0 spiro atoms. The van der Waals surface area contributed by atoms with Gasteiger partial charge in [0.2, 0.25) is 0 Å². The molecule has 0 saturated heterocycles. The molecule has 1 N–H and O–H groups in total. The molecule has 1 heterocycles. The van der Waals surface area contributed by atoms with Crippen LogP contribution in [0, 0.1) is 11.3 Å². The third-order valence-corrected chi connectivity index (χ3v) is 4.75. The van der Waals surface area contributed by atoms with Gasteiger partial charge in [-0.3, -0.25) is 4.79 Å². The molecule has 3 rings (SSSR count). The van der Waals surface area contributed by atoms with E-state index in [1.807, 2.05) is 24.3 Å². The molecule has 21 heavy (non-hydrogen) atoms. The van der Waals surface area contributed by atoms with E-state index in [9.17, 15) is 4.79 Å². The largest absolute Gasteiger partial charge is 0.462 e. The number of esters is 1. The fourth-order valence-electron chi connectivity index (χ4n) is 4.09. The van der Waals surface area contributed by atoms with Crippen molar-refractivity contribution in [1.29, 1.82) is 0 Å². The summed E-state index contributed by atoms with van der Waals surface area (Å²) in [7, 11) is 0. The first kappa shape index (κ1) is 14.4. The summed E-state index contributed by atoms with van der Waals surface area (Å²) in [5, 5.41) is 3.29. The molecule has 3 atom stereocenters. The van der Waals surface area contributed by atoms with Crippen LogP contribution in [-0.4, -0.2) is 18.6 Å². The van der Waals surface area contributed by atoms with Crippen molar-refractivity contribution in [2.24, 2.45) is 11.3 Å². The molecule has 114 valence electrons. The van der Waals surface area contributed by atoms with Gasteiger partial charge in [-0.2, -0.15) is 0 Å². The number of hydrogen-bond acceptors (Lipinski definition) is 3. The highest BCUT2D eigenvalue weighted by atomic mass is 16.5. The Morgan fingerprint density at radius 1 is 1.29 bits per heavy atom. The Morgan fingerprint density at radius 2 is 2.05 bits per heavy atom. The van der Waals surface area contributed by atoms with Crippen LogP contribution in [0.2, 0.25) is 0 Å². The maximum Gasteiger partial charge on any atom is 0.315 e. The van der Waals surface area contributed by atoms with Crippen LogP contribution in [0.4, 0.5) is 5.69 Å². The first-order chi connectivity index (χ1) is 9.94. The SMILES string of the molecule is CC1CC(OC(=O)C2CNc3ccccc32)CC(C)(C)C1. The smallest absolute Gasteiger partial charge is 0.315 e. The maximum absolute atomic E-state index is 12.5. The molecule has 3 heteroatoms. The van der Waals surface area contributed by atoms with Crippen LogP contribution in [0.1, 0.15) is 51.5 Å². The molecular weight excluding hydrogens is 262 g/mol. The monoisotopic (exact) mass is 287 g/mol. The minimum atomic E-state index is -0.151. The third kappa shape index (κ3) is 3.07. The molecule has 1 fully saturated rings. The number of anilines is 1. The van der Waals surface area contributed by atoms with E-state index in [0.717, 1.165) is 24.1 Å². The quantitative estimate of drug-likeness (QED) is 0.837. The number of ether oxygens (including phenoxy) is 1. The summed E-state index contributed by atoms with van der Waals surface area (Å²) in [6, 6.07) is 8.02. The van der Waals surface area contributed by atoms with Gasteiger partial charge in [0.05, 0.1) is 0 Å². The van der Waals surface area contributed by atoms with Gasteiger partial charge in [0.15, 0.2) is 0 Å². The normalized spacial score (nSPS) is 30.3. The van der Waals surface area contributed by atoms with E-state index in [1.54, 1.807) is 0 Å². The molecule has 1 saturated carbocycles. The van der Waals surface area contributed by atoms with E-state index in [0.29, 0.717) is 12.5 Å². The Hall–Kier alpha value is -1.51. The number of carbonyl (C=O) groups excluding carboxylic acids is 1. The van der Waals surface area contributed by atoms with Crippen molar-refractivity contribution in [3.63, 3.8) is 0 Å². The summed E-state index contributed by atoms with van der Waals surface area (Å²) in [5.41, 5.74) is 2.41. The van der Waals surface area contributed by atoms with E-state index in [2.05, 4.69) is 26.1 Å². The van der Waals surface area contributed by atoms with E-state index >= 15 is 0 Å². The van der Waals surface area contributed by atoms with Gasteiger partial charge in [0.1, 0.15) is 12.0 Å². The van der Waals surface area contributed by atoms with Crippen LogP contribution >= 0.6 is 0 Å². The fourth-order valence-corrected chi connectivity index (χ4v) is 4.09. The highest BCUT2D eigenvalue weighted by molar-refractivity contribution is 5.84. The second kappa shape index (κ2) is 5.36. The third-order valence-electron chi connectivity index (χ3n) is 4.75. The summed E-state index contributed by atoms with van der Waals surface area (Å²) in [4.78, 5) is 12.5. The summed E-state index contributed by atoms with van der Waals surface area (Å²) in [6.07, 6.45) is 3.26. The summed E-state index contributed by atoms with van der Waals surface area (Å²) < 4.78 is 5.86. The zero-order chi connectivity index (χ0) is 15.0. The first-order valence-corrected chi connectivity index (χ1v) is 7.98. The van der Waals surface area contributed by atoms with Gasteiger partial charge in [-0.15, -0.1) is 0 Å². The summed E-state index contributed by atoms with van der Waals surface area (Å²) in [6.45, 7) is 7.46. The lowest BCUT2D eigenvalue weighted by Crippen LogP contribution is -2.35. The molecule has 2 aliphatic rings. The Morgan fingerprint density at radius 3 is 2.81 bits per heavy atom. The second-order valence-electron chi connectivity index (χ2n) is 7.49. The second-order valence-corrected chi connectivity index (χ2v) is 7.49. The van der Waals surface area contributed by atoms with E-state index in [-0.39, 0.29) is 23.4 Å². The number of hydrogen-bond donors (Lipinski definition) is 1. The van der Waals surface area contributed by atoms with Crippen LogP contribution in [0.25, 0.3) is 0 Å². The van der Waals surface area contributed by atoms with Gasteiger partial charge in [0.25, 0.3) is 0 Å². The predicted molar refractivity (Wildman–Crippen MR) is 84.3 cm³/mol. The van der Waals surface area contributed by atoms with Crippen molar-refractivity contribution in [3.05, 3.63) is 29.8 Å². The lowest BCUT2D eigenvalue weighted by molar-refractivity contribution is -0.154. The lowest BCUT2D eigenvalue weighted by Gasteiger charge is -2.38. The standard InChI is InChI=1S/C18H25NO2/c1-12-8-13(10-18(2,3)9-12)21-17(20)15-11-19-16-7-5-4-6-14(15)16/h4-7,12-13,15,19H,8-11H2,1-3H3. The van der Waals surface area contributed by atoms with E-state index in [4.69, 9.17) is 4.74 Å². The Balaban J connectivity index is 1.67. The van der Waals surface area contributed by atoms with Crippen molar-refractivity contribution in [2.75, 3.05) is 11.9 Å². The van der Waals surface area contributed by atoms with Gasteiger partial charge in [-0.1, -0.05) is 39.0 Å². The minimum absolute atomic E-state index is 0.0673. The van der Waals surface area contributed by atoms with Crippen molar-refractivity contribution < 1.29 is 9.53 Å². The number of nitrogens with one attached hydrogen (secondary N) is 1. The Labute approximate surface area is 127 Å². The van der Waals surface area contributed by atoms with Gasteiger partial charge >= 0.3 is 5.97 Å². The highest BCUT2D eigenvalue weighted by Gasteiger charge is 2.36. The maximum atomic E-state index is 12.5. The average molecular weight is 287 g/mol. The highest BCUT2D eigenvalue weighted by Crippen LogP contribution is 2.40. The zero-order valence-electron chi connectivity index (χ0n) is 13.2. The zero-order valence-corrected chi connectivity index (χ0v) is 13.2. The number of carbonyl (C=O) groups is 1.